The first-order valence-corrected chi connectivity index (χ1v) is 9.09. The lowest BCUT2D eigenvalue weighted by molar-refractivity contribution is 0.472. The van der Waals surface area contributed by atoms with Crippen molar-refractivity contribution < 1.29 is 14.6 Å². The Labute approximate surface area is 167 Å². The van der Waals surface area contributed by atoms with E-state index in [0.717, 1.165) is 5.56 Å². The van der Waals surface area contributed by atoms with Gasteiger partial charge in [0.2, 0.25) is 5.89 Å². The third kappa shape index (κ3) is 3.67. The lowest BCUT2D eigenvalue weighted by atomic mass is 10.2. The average Bonchev–Trinajstić information content (AvgIpc) is 3.08. The number of oxazole rings is 1. The number of nitrogens with zero attached hydrogens (tertiary/aromatic N) is 2. The first-order valence-electron chi connectivity index (χ1n) is 7.92. The van der Waals surface area contributed by atoms with Crippen molar-refractivity contribution in [1.29, 1.82) is 0 Å². The Hall–Kier alpha value is -2.83. The highest BCUT2D eigenvalue weighted by atomic mass is 79.9. The molecule has 7 heteroatoms. The molecule has 0 aliphatic carbocycles. The molecule has 0 saturated carbocycles. The Morgan fingerprint density at radius 3 is 2.63 bits per heavy atom. The Morgan fingerprint density at radius 1 is 1.00 bits per heavy atom. The number of aromatic nitrogens is 1. The maximum atomic E-state index is 9.86. The molecule has 4 aromatic rings. The molecular formula is C20H12BrClN2O3. The van der Waals surface area contributed by atoms with Gasteiger partial charge in [0, 0.05) is 22.4 Å². The molecule has 134 valence electrons. The van der Waals surface area contributed by atoms with Crippen LogP contribution in [-0.4, -0.2) is 21.4 Å². The molecule has 27 heavy (non-hydrogen) atoms. The number of hydrogen-bond donors (Lipinski definition) is 2. The third-order valence-electron chi connectivity index (χ3n) is 3.91. The van der Waals surface area contributed by atoms with Crippen LogP contribution in [0.4, 0.5) is 5.69 Å². The van der Waals surface area contributed by atoms with Crippen molar-refractivity contribution in [2.75, 3.05) is 0 Å². The molecule has 2 N–H and O–H groups in total. The minimum atomic E-state index is 0.103. The number of rotatable bonds is 3. The highest BCUT2D eigenvalue weighted by Gasteiger charge is 2.10. The first kappa shape index (κ1) is 17.6. The summed E-state index contributed by atoms with van der Waals surface area (Å²) in [5.74, 6) is 0.695. The number of phenolic OH excluding ortho intramolecular Hbond substituents is 2. The minimum Gasteiger partial charge on any atom is -0.507 e. The molecular weight excluding hydrogens is 432 g/mol. The molecule has 0 saturated heterocycles. The average molecular weight is 444 g/mol. The molecule has 0 fully saturated rings. The molecule has 0 radical (unpaired) electrons. The van der Waals surface area contributed by atoms with E-state index in [-0.39, 0.29) is 11.5 Å². The molecule has 0 spiro atoms. The van der Waals surface area contributed by atoms with Crippen LogP contribution >= 0.6 is 27.5 Å². The largest absolute Gasteiger partial charge is 0.507 e. The number of aromatic hydroxyl groups is 2. The van der Waals surface area contributed by atoms with E-state index in [9.17, 15) is 10.2 Å². The van der Waals surface area contributed by atoms with Gasteiger partial charge in [-0.15, -0.1) is 0 Å². The van der Waals surface area contributed by atoms with Crippen molar-refractivity contribution in [1.82, 2.24) is 4.98 Å². The fourth-order valence-electron chi connectivity index (χ4n) is 2.53. The molecule has 0 aliphatic heterocycles. The Kier molecular flexibility index (Phi) is 4.59. The van der Waals surface area contributed by atoms with Gasteiger partial charge in [0.15, 0.2) is 5.58 Å². The first-order chi connectivity index (χ1) is 13.0. The van der Waals surface area contributed by atoms with Crippen molar-refractivity contribution in [2.24, 2.45) is 4.99 Å². The van der Waals surface area contributed by atoms with E-state index in [1.54, 1.807) is 54.7 Å². The zero-order chi connectivity index (χ0) is 19.0. The number of halogens is 2. The van der Waals surface area contributed by atoms with Gasteiger partial charge in [0.05, 0.1) is 10.2 Å². The predicted octanol–water partition coefficient (Wildman–Crippen LogP) is 6.07. The highest BCUT2D eigenvalue weighted by Crippen LogP contribution is 2.32. The third-order valence-corrected chi connectivity index (χ3v) is 4.78. The number of fused-ring (bicyclic) bond motifs is 1. The van der Waals surface area contributed by atoms with Crippen LogP contribution in [0.2, 0.25) is 5.02 Å². The van der Waals surface area contributed by atoms with Gasteiger partial charge in [-0.3, -0.25) is 4.99 Å². The van der Waals surface area contributed by atoms with E-state index >= 15 is 0 Å². The van der Waals surface area contributed by atoms with Crippen LogP contribution in [0, 0.1) is 0 Å². The van der Waals surface area contributed by atoms with Gasteiger partial charge >= 0.3 is 0 Å². The molecule has 0 unspecified atom stereocenters. The standard InChI is InChI=1S/C20H12BrClN2O3/c21-15-8-11(1-4-18(15)26)20-24-16-9-14(3-6-19(16)27-20)23-10-12-7-13(22)2-5-17(12)25/h1-10,25-26H. The second-order valence-corrected chi connectivity index (χ2v) is 7.09. The van der Waals surface area contributed by atoms with Gasteiger partial charge in [-0.25, -0.2) is 4.98 Å². The number of phenols is 2. The topological polar surface area (TPSA) is 78.9 Å². The van der Waals surface area contributed by atoms with Crippen LogP contribution < -0.4 is 0 Å². The van der Waals surface area contributed by atoms with Gasteiger partial charge in [-0.05, 0) is 70.5 Å². The monoisotopic (exact) mass is 442 g/mol. The lowest BCUT2D eigenvalue weighted by Gasteiger charge is -1.99. The van der Waals surface area contributed by atoms with Gasteiger partial charge < -0.3 is 14.6 Å². The second kappa shape index (κ2) is 7.06. The van der Waals surface area contributed by atoms with Crippen molar-refractivity contribution in [3.05, 3.63) is 69.7 Å². The molecule has 1 aromatic heterocycles. The normalized spacial score (nSPS) is 11.5. The number of hydrogen-bond acceptors (Lipinski definition) is 5. The number of benzene rings is 3. The Balaban J connectivity index is 1.67. The van der Waals surface area contributed by atoms with Crippen LogP contribution in [0.25, 0.3) is 22.6 Å². The van der Waals surface area contributed by atoms with E-state index < -0.39 is 0 Å². The summed E-state index contributed by atoms with van der Waals surface area (Å²) in [6, 6.07) is 15.2. The summed E-state index contributed by atoms with van der Waals surface area (Å²) in [6.07, 6.45) is 1.54. The van der Waals surface area contributed by atoms with Gasteiger partial charge in [-0.1, -0.05) is 11.6 Å². The van der Waals surface area contributed by atoms with Crippen molar-refractivity contribution in [2.45, 2.75) is 0 Å². The van der Waals surface area contributed by atoms with Crippen LogP contribution in [0.1, 0.15) is 5.56 Å². The molecule has 5 nitrogen and oxygen atoms in total. The Morgan fingerprint density at radius 2 is 1.81 bits per heavy atom. The molecule has 0 aliphatic rings. The molecule has 0 amide bonds. The molecule has 4 rings (SSSR count). The van der Waals surface area contributed by atoms with E-state index in [0.29, 0.717) is 37.7 Å². The van der Waals surface area contributed by atoms with Gasteiger partial charge in [-0.2, -0.15) is 0 Å². The second-order valence-electron chi connectivity index (χ2n) is 5.80. The molecule has 3 aromatic carbocycles. The summed E-state index contributed by atoms with van der Waals surface area (Å²) >= 11 is 9.23. The van der Waals surface area contributed by atoms with Gasteiger partial charge in [0.1, 0.15) is 17.0 Å². The zero-order valence-electron chi connectivity index (χ0n) is 13.7. The molecule has 0 atom stereocenters. The van der Waals surface area contributed by atoms with Crippen LogP contribution in [0.3, 0.4) is 0 Å². The summed E-state index contributed by atoms with van der Waals surface area (Å²) in [4.78, 5) is 8.86. The quantitative estimate of drug-likeness (QED) is 0.377. The smallest absolute Gasteiger partial charge is 0.227 e. The minimum absolute atomic E-state index is 0.103. The number of aliphatic imine (C=N–C) groups is 1. The maximum Gasteiger partial charge on any atom is 0.227 e. The lowest BCUT2D eigenvalue weighted by Crippen LogP contribution is -1.82. The summed E-state index contributed by atoms with van der Waals surface area (Å²) < 4.78 is 6.34. The van der Waals surface area contributed by atoms with Crippen molar-refractivity contribution in [3.8, 4) is 23.0 Å². The van der Waals surface area contributed by atoms with Crippen LogP contribution in [0.15, 0.2) is 68.5 Å². The summed E-state index contributed by atoms with van der Waals surface area (Å²) in [5.41, 5.74) is 3.20. The van der Waals surface area contributed by atoms with E-state index in [4.69, 9.17) is 16.0 Å². The van der Waals surface area contributed by atoms with E-state index in [2.05, 4.69) is 25.9 Å². The molecule has 1 heterocycles. The van der Waals surface area contributed by atoms with Crippen LogP contribution in [0.5, 0.6) is 11.5 Å². The summed E-state index contributed by atoms with van der Waals surface area (Å²) in [6.45, 7) is 0. The molecule has 0 bridgehead atoms. The maximum absolute atomic E-state index is 9.86. The van der Waals surface area contributed by atoms with Crippen molar-refractivity contribution in [3.63, 3.8) is 0 Å². The van der Waals surface area contributed by atoms with Gasteiger partial charge in [0.25, 0.3) is 0 Å². The zero-order valence-corrected chi connectivity index (χ0v) is 16.1. The fourth-order valence-corrected chi connectivity index (χ4v) is 3.09. The van der Waals surface area contributed by atoms with E-state index in [1.165, 1.54) is 6.07 Å². The summed E-state index contributed by atoms with van der Waals surface area (Å²) in [5, 5.41) is 20.0. The fraction of sp³-hybridized carbons (Fsp3) is 0. The Bertz CT molecular complexity index is 1190. The van der Waals surface area contributed by atoms with Crippen molar-refractivity contribution >= 4 is 50.5 Å². The SMILES string of the molecule is Oc1ccc(-c2nc3cc(N=Cc4cc(Cl)ccc4O)ccc3o2)cc1Br. The predicted molar refractivity (Wildman–Crippen MR) is 109 cm³/mol. The van der Waals surface area contributed by atoms with Crippen LogP contribution in [-0.2, 0) is 0 Å². The highest BCUT2D eigenvalue weighted by molar-refractivity contribution is 9.10. The van der Waals surface area contributed by atoms with E-state index in [1.807, 2.05) is 0 Å². The summed E-state index contributed by atoms with van der Waals surface area (Å²) in [7, 11) is 0.